The molecule has 2 N–H and O–H groups in total. The number of benzene rings is 1. The molecule has 1 saturated heterocycles. The molecule has 27 heavy (non-hydrogen) atoms. The predicted molar refractivity (Wildman–Crippen MR) is 103 cm³/mol. The average molecular weight is 372 g/mol. The van der Waals surface area contributed by atoms with Crippen LogP contribution >= 0.6 is 0 Å². The van der Waals surface area contributed by atoms with Crippen molar-refractivity contribution in [2.75, 3.05) is 33.4 Å². The number of ether oxygens (including phenoxy) is 2. The van der Waals surface area contributed by atoms with Crippen LogP contribution in [-0.4, -0.2) is 60.0 Å². The van der Waals surface area contributed by atoms with Crippen LogP contribution in [0.2, 0.25) is 0 Å². The summed E-state index contributed by atoms with van der Waals surface area (Å²) in [5, 5.41) is 4.34. The molecule has 0 spiro atoms. The van der Waals surface area contributed by atoms with Gasteiger partial charge in [0.05, 0.1) is 31.5 Å². The number of carbonyl (C=O) groups is 1. The van der Waals surface area contributed by atoms with E-state index in [4.69, 9.17) is 15.2 Å². The first kappa shape index (κ1) is 19.4. The van der Waals surface area contributed by atoms with Gasteiger partial charge >= 0.3 is 0 Å². The third kappa shape index (κ3) is 5.30. The van der Waals surface area contributed by atoms with Crippen molar-refractivity contribution in [2.45, 2.75) is 31.9 Å². The van der Waals surface area contributed by atoms with E-state index in [1.54, 1.807) is 18.0 Å². The van der Waals surface area contributed by atoms with E-state index in [1.807, 2.05) is 35.4 Å². The van der Waals surface area contributed by atoms with Crippen molar-refractivity contribution in [3.05, 3.63) is 47.8 Å². The van der Waals surface area contributed by atoms with E-state index in [2.05, 4.69) is 5.10 Å². The molecule has 1 aliphatic heterocycles. The molecule has 2 heterocycles. The minimum absolute atomic E-state index is 0.0383. The number of hydrogen-bond acceptors (Lipinski definition) is 5. The molecule has 0 aliphatic carbocycles. The maximum atomic E-state index is 12.7. The molecule has 1 aliphatic rings. The summed E-state index contributed by atoms with van der Waals surface area (Å²) >= 11 is 0. The highest BCUT2D eigenvalue weighted by Crippen LogP contribution is 2.17. The standard InChI is InChI=1S/C20H28N4O3/c1-26-18-5-3-16(4-6-18)14-24-15-17(13-22-24)20(25)23-10-7-19(8-11-23)27-12-2-9-21/h3-6,13,15,19H,2,7-12,14,21H2,1H3. The zero-order valence-electron chi connectivity index (χ0n) is 15.8. The zero-order chi connectivity index (χ0) is 19.1. The maximum absolute atomic E-state index is 12.7. The van der Waals surface area contributed by atoms with Gasteiger partial charge in [-0.25, -0.2) is 0 Å². The molecule has 2 aromatic rings. The largest absolute Gasteiger partial charge is 0.497 e. The second-order valence-corrected chi connectivity index (χ2v) is 6.78. The minimum atomic E-state index is 0.0383. The zero-order valence-corrected chi connectivity index (χ0v) is 15.8. The van der Waals surface area contributed by atoms with Gasteiger partial charge in [0.1, 0.15) is 5.75 Å². The van der Waals surface area contributed by atoms with Crippen LogP contribution in [0.3, 0.4) is 0 Å². The van der Waals surface area contributed by atoms with Crippen molar-refractivity contribution in [1.29, 1.82) is 0 Å². The summed E-state index contributed by atoms with van der Waals surface area (Å²) in [4.78, 5) is 14.6. The highest BCUT2D eigenvalue weighted by atomic mass is 16.5. The van der Waals surface area contributed by atoms with Gasteiger partial charge in [0.25, 0.3) is 5.91 Å². The summed E-state index contributed by atoms with van der Waals surface area (Å²) in [7, 11) is 1.65. The van der Waals surface area contributed by atoms with Crippen LogP contribution in [0.4, 0.5) is 0 Å². The SMILES string of the molecule is COc1ccc(Cn2cc(C(=O)N3CCC(OCCCN)CC3)cn2)cc1. The van der Waals surface area contributed by atoms with Crippen LogP contribution in [0.25, 0.3) is 0 Å². The van der Waals surface area contributed by atoms with E-state index in [0.29, 0.717) is 25.3 Å². The van der Waals surface area contributed by atoms with Gasteiger partial charge in [-0.1, -0.05) is 12.1 Å². The molecule has 0 saturated carbocycles. The molecule has 1 fully saturated rings. The van der Waals surface area contributed by atoms with Gasteiger partial charge in [-0.05, 0) is 43.5 Å². The predicted octanol–water partition coefficient (Wildman–Crippen LogP) is 1.91. The molecule has 0 bridgehead atoms. The molecule has 1 aromatic carbocycles. The molecule has 7 heteroatoms. The first-order valence-electron chi connectivity index (χ1n) is 9.46. The number of likely N-dealkylation sites (tertiary alicyclic amines) is 1. The van der Waals surface area contributed by atoms with Gasteiger partial charge in [0.15, 0.2) is 0 Å². The third-order valence-corrected chi connectivity index (χ3v) is 4.82. The van der Waals surface area contributed by atoms with Gasteiger partial charge in [0.2, 0.25) is 0 Å². The van der Waals surface area contributed by atoms with Crippen LogP contribution in [-0.2, 0) is 11.3 Å². The van der Waals surface area contributed by atoms with E-state index in [9.17, 15) is 4.79 Å². The van der Waals surface area contributed by atoms with Crippen LogP contribution < -0.4 is 10.5 Å². The number of carbonyl (C=O) groups excluding carboxylic acids is 1. The Morgan fingerprint density at radius 1 is 1.26 bits per heavy atom. The Morgan fingerprint density at radius 3 is 2.67 bits per heavy atom. The number of piperidine rings is 1. The lowest BCUT2D eigenvalue weighted by molar-refractivity contribution is 0.00844. The topological polar surface area (TPSA) is 82.6 Å². The number of rotatable bonds is 8. The van der Waals surface area contributed by atoms with E-state index in [1.165, 1.54) is 0 Å². The lowest BCUT2D eigenvalue weighted by Crippen LogP contribution is -2.41. The highest BCUT2D eigenvalue weighted by Gasteiger charge is 2.24. The van der Waals surface area contributed by atoms with Crippen molar-refractivity contribution in [3.63, 3.8) is 0 Å². The Kier molecular flexibility index (Phi) is 6.84. The molecule has 146 valence electrons. The monoisotopic (exact) mass is 372 g/mol. The second-order valence-electron chi connectivity index (χ2n) is 6.78. The molecule has 1 aromatic heterocycles. The van der Waals surface area contributed by atoms with E-state index >= 15 is 0 Å². The number of nitrogens with zero attached hydrogens (tertiary/aromatic N) is 3. The van der Waals surface area contributed by atoms with Crippen molar-refractivity contribution < 1.29 is 14.3 Å². The third-order valence-electron chi connectivity index (χ3n) is 4.82. The Hall–Kier alpha value is -2.38. The summed E-state index contributed by atoms with van der Waals surface area (Å²) in [6, 6.07) is 7.84. The molecule has 1 amide bonds. The normalized spacial score (nSPS) is 15.1. The lowest BCUT2D eigenvalue weighted by atomic mass is 10.1. The van der Waals surface area contributed by atoms with Crippen molar-refractivity contribution in [1.82, 2.24) is 14.7 Å². The van der Waals surface area contributed by atoms with E-state index in [0.717, 1.165) is 43.7 Å². The summed E-state index contributed by atoms with van der Waals surface area (Å²) < 4.78 is 12.8. The number of aromatic nitrogens is 2. The molecular formula is C20H28N4O3. The second kappa shape index (κ2) is 9.53. The molecule has 7 nitrogen and oxygen atoms in total. The average Bonchev–Trinajstić information content (AvgIpc) is 3.17. The smallest absolute Gasteiger partial charge is 0.257 e. The lowest BCUT2D eigenvalue weighted by Gasteiger charge is -2.31. The molecule has 0 atom stereocenters. The molecule has 0 radical (unpaired) electrons. The van der Waals surface area contributed by atoms with Gasteiger partial charge in [-0.2, -0.15) is 5.10 Å². The molecule has 3 rings (SSSR count). The van der Waals surface area contributed by atoms with Crippen LogP contribution in [0.5, 0.6) is 5.75 Å². The van der Waals surface area contributed by atoms with Crippen LogP contribution in [0.15, 0.2) is 36.7 Å². The molecular weight excluding hydrogens is 344 g/mol. The molecule has 0 unspecified atom stereocenters. The Balaban J connectivity index is 1.51. The quantitative estimate of drug-likeness (QED) is 0.716. The maximum Gasteiger partial charge on any atom is 0.257 e. The van der Waals surface area contributed by atoms with Gasteiger partial charge in [-0.3, -0.25) is 9.48 Å². The van der Waals surface area contributed by atoms with Crippen molar-refractivity contribution in [2.24, 2.45) is 5.73 Å². The Bertz CT molecular complexity index is 721. The Labute approximate surface area is 160 Å². The van der Waals surface area contributed by atoms with Gasteiger partial charge in [-0.15, -0.1) is 0 Å². The van der Waals surface area contributed by atoms with E-state index in [-0.39, 0.29) is 12.0 Å². The minimum Gasteiger partial charge on any atom is -0.497 e. The van der Waals surface area contributed by atoms with Gasteiger partial charge in [0, 0.05) is 25.9 Å². The summed E-state index contributed by atoms with van der Waals surface area (Å²) in [6.45, 7) is 3.41. The first-order chi connectivity index (χ1) is 13.2. The Morgan fingerprint density at radius 2 is 2.00 bits per heavy atom. The number of amides is 1. The first-order valence-corrected chi connectivity index (χ1v) is 9.46. The summed E-state index contributed by atoms with van der Waals surface area (Å²) in [6.07, 6.45) is 6.32. The van der Waals surface area contributed by atoms with E-state index < -0.39 is 0 Å². The van der Waals surface area contributed by atoms with Crippen molar-refractivity contribution in [3.8, 4) is 5.75 Å². The number of methoxy groups -OCH3 is 1. The summed E-state index contributed by atoms with van der Waals surface area (Å²) in [5.41, 5.74) is 7.22. The fourth-order valence-corrected chi connectivity index (χ4v) is 3.22. The van der Waals surface area contributed by atoms with Crippen LogP contribution in [0, 0.1) is 0 Å². The van der Waals surface area contributed by atoms with Crippen LogP contribution in [0.1, 0.15) is 35.2 Å². The number of hydrogen-bond donors (Lipinski definition) is 1. The fourth-order valence-electron chi connectivity index (χ4n) is 3.22. The fraction of sp³-hybridized carbons (Fsp3) is 0.500. The van der Waals surface area contributed by atoms with Gasteiger partial charge < -0.3 is 20.1 Å². The highest BCUT2D eigenvalue weighted by molar-refractivity contribution is 5.93. The number of nitrogens with two attached hydrogens (primary N) is 1. The summed E-state index contributed by atoms with van der Waals surface area (Å²) in [5.74, 6) is 0.863. The van der Waals surface area contributed by atoms with Crippen molar-refractivity contribution >= 4 is 5.91 Å².